The SMILES string of the molecule is OC(Cn1cccn1)C(F)(F)F. The summed E-state index contributed by atoms with van der Waals surface area (Å²) >= 11 is 0. The summed E-state index contributed by atoms with van der Waals surface area (Å²) in [6, 6.07) is 1.49. The monoisotopic (exact) mass is 180 g/mol. The smallest absolute Gasteiger partial charge is 0.382 e. The summed E-state index contributed by atoms with van der Waals surface area (Å²) in [5, 5.41) is 12.1. The van der Waals surface area contributed by atoms with Gasteiger partial charge in [-0.25, -0.2) is 0 Å². The molecule has 1 unspecified atom stereocenters. The summed E-state index contributed by atoms with van der Waals surface area (Å²) in [6.07, 6.45) is -4.22. The van der Waals surface area contributed by atoms with E-state index in [4.69, 9.17) is 5.11 Å². The Morgan fingerprint density at radius 3 is 2.58 bits per heavy atom. The molecule has 0 aliphatic carbocycles. The van der Waals surface area contributed by atoms with E-state index in [9.17, 15) is 13.2 Å². The van der Waals surface area contributed by atoms with Crippen LogP contribution in [-0.4, -0.2) is 27.2 Å². The molecule has 0 spiro atoms. The molecule has 0 aliphatic rings. The fourth-order valence-electron chi connectivity index (χ4n) is 0.689. The molecule has 3 nitrogen and oxygen atoms in total. The Morgan fingerprint density at radius 1 is 1.50 bits per heavy atom. The molecule has 0 saturated carbocycles. The fraction of sp³-hybridized carbons (Fsp3) is 0.500. The molecule has 1 atom stereocenters. The van der Waals surface area contributed by atoms with Crippen LogP contribution in [0, 0.1) is 0 Å². The second kappa shape index (κ2) is 3.14. The minimum Gasteiger partial charge on any atom is -0.382 e. The van der Waals surface area contributed by atoms with Crippen molar-refractivity contribution in [2.75, 3.05) is 0 Å². The summed E-state index contributed by atoms with van der Waals surface area (Å²) < 4.78 is 36.3. The first-order chi connectivity index (χ1) is 5.50. The van der Waals surface area contributed by atoms with Crippen molar-refractivity contribution in [2.45, 2.75) is 18.8 Å². The third kappa shape index (κ3) is 2.23. The number of hydrogen-bond acceptors (Lipinski definition) is 2. The molecule has 1 aromatic rings. The second-order valence-corrected chi connectivity index (χ2v) is 2.29. The van der Waals surface area contributed by atoms with Crippen molar-refractivity contribution in [3.63, 3.8) is 0 Å². The van der Waals surface area contributed by atoms with Gasteiger partial charge in [0, 0.05) is 12.4 Å². The van der Waals surface area contributed by atoms with Gasteiger partial charge in [-0.1, -0.05) is 0 Å². The number of aromatic nitrogens is 2. The normalized spacial score (nSPS) is 14.7. The van der Waals surface area contributed by atoms with Crippen molar-refractivity contribution < 1.29 is 18.3 Å². The first kappa shape index (κ1) is 9.05. The summed E-state index contributed by atoms with van der Waals surface area (Å²) in [5.74, 6) is 0. The zero-order chi connectivity index (χ0) is 9.19. The molecular formula is C6H7F3N2O. The summed E-state index contributed by atoms with van der Waals surface area (Å²) in [4.78, 5) is 0. The predicted molar refractivity (Wildman–Crippen MR) is 34.3 cm³/mol. The van der Waals surface area contributed by atoms with Crippen LogP contribution < -0.4 is 0 Å². The van der Waals surface area contributed by atoms with Crippen molar-refractivity contribution in [3.8, 4) is 0 Å². The number of nitrogens with zero attached hydrogens (tertiary/aromatic N) is 2. The average Bonchev–Trinajstić information content (AvgIpc) is 2.37. The predicted octanol–water partition coefficient (Wildman–Crippen LogP) is 0.806. The maximum absolute atomic E-state index is 11.7. The molecule has 0 fully saturated rings. The lowest BCUT2D eigenvalue weighted by Gasteiger charge is -2.13. The zero-order valence-electron chi connectivity index (χ0n) is 5.99. The van der Waals surface area contributed by atoms with Crippen LogP contribution >= 0.6 is 0 Å². The molecule has 0 bridgehead atoms. The summed E-state index contributed by atoms with van der Waals surface area (Å²) in [7, 11) is 0. The van der Waals surface area contributed by atoms with Gasteiger partial charge in [-0.15, -0.1) is 0 Å². The van der Waals surface area contributed by atoms with Crippen molar-refractivity contribution in [1.82, 2.24) is 9.78 Å². The topological polar surface area (TPSA) is 38.0 Å². The van der Waals surface area contributed by atoms with Crippen molar-refractivity contribution in [1.29, 1.82) is 0 Å². The van der Waals surface area contributed by atoms with E-state index in [0.717, 1.165) is 4.68 Å². The number of aliphatic hydroxyl groups excluding tert-OH is 1. The van der Waals surface area contributed by atoms with E-state index in [1.165, 1.54) is 18.5 Å². The number of hydrogen-bond donors (Lipinski definition) is 1. The quantitative estimate of drug-likeness (QED) is 0.731. The maximum atomic E-state index is 11.7. The van der Waals surface area contributed by atoms with E-state index < -0.39 is 18.8 Å². The Labute approximate surface area is 66.4 Å². The first-order valence-electron chi connectivity index (χ1n) is 3.22. The van der Waals surface area contributed by atoms with Gasteiger partial charge in [-0.3, -0.25) is 4.68 Å². The largest absolute Gasteiger partial charge is 0.416 e. The van der Waals surface area contributed by atoms with Crippen LogP contribution in [0.4, 0.5) is 13.2 Å². The third-order valence-electron chi connectivity index (χ3n) is 1.30. The van der Waals surface area contributed by atoms with Crippen LogP contribution in [-0.2, 0) is 6.54 Å². The Kier molecular flexibility index (Phi) is 2.37. The average molecular weight is 180 g/mol. The fourth-order valence-corrected chi connectivity index (χ4v) is 0.689. The van der Waals surface area contributed by atoms with Crippen LogP contribution in [0.5, 0.6) is 0 Å². The molecular weight excluding hydrogens is 173 g/mol. The Balaban J connectivity index is 2.53. The van der Waals surface area contributed by atoms with Crippen LogP contribution in [0.15, 0.2) is 18.5 Å². The summed E-state index contributed by atoms with van der Waals surface area (Å²) in [5.41, 5.74) is 0. The molecule has 6 heteroatoms. The van der Waals surface area contributed by atoms with Gasteiger partial charge in [-0.05, 0) is 6.07 Å². The Hall–Kier alpha value is -1.04. The van der Waals surface area contributed by atoms with Gasteiger partial charge in [0.25, 0.3) is 0 Å². The molecule has 0 aliphatic heterocycles. The van der Waals surface area contributed by atoms with Crippen LogP contribution in [0.1, 0.15) is 0 Å². The zero-order valence-corrected chi connectivity index (χ0v) is 5.99. The third-order valence-corrected chi connectivity index (χ3v) is 1.30. The van der Waals surface area contributed by atoms with Crippen molar-refractivity contribution >= 4 is 0 Å². The molecule has 1 heterocycles. The van der Waals surface area contributed by atoms with Crippen LogP contribution in [0.3, 0.4) is 0 Å². The molecule has 0 aromatic carbocycles. The van der Waals surface area contributed by atoms with Gasteiger partial charge in [0.05, 0.1) is 6.54 Å². The number of halogens is 3. The molecule has 12 heavy (non-hydrogen) atoms. The lowest BCUT2D eigenvalue weighted by Crippen LogP contribution is -2.32. The van der Waals surface area contributed by atoms with E-state index in [-0.39, 0.29) is 0 Å². The van der Waals surface area contributed by atoms with E-state index in [2.05, 4.69) is 5.10 Å². The van der Waals surface area contributed by atoms with E-state index in [0.29, 0.717) is 0 Å². The van der Waals surface area contributed by atoms with Crippen LogP contribution in [0.2, 0.25) is 0 Å². The number of rotatable bonds is 2. The standard InChI is InChI=1S/C6H7F3N2O/c7-6(8,9)5(12)4-11-3-1-2-10-11/h1-3,5,12H,4H2. The molecule has 1 aromatic heterocycles. The maximum Gasteiger partial charge on any atom is 0.416 e. The second-order valence-electron chi connectivity index (χ2n) is 2.29. The van der Waals surface area contributed by atoms with Crippen LogP contribution in [0.25, 0.3) is 0 Å². The van der Waals surface area contributed by atoms with Gasteiger partial charge >= 0.3 is 6.18 Å². The molecule has 68 valence electrons. The molecule has 1 N–H and O–H groups in total. The lowest BCUT2D eigenvalue weighted by molar-refractivity contribution is -0.208. The van der Waals surface area contributed by atoms with Gasteiger partial charge < -0.3 is 5.11 Å². The molecule has 0 saturated heterocycles. The Morgan fingerprint density at radius 2 is 2.17 bits per heavy atom. The van der Waals surface area contributed by atoms with E-state index in [1.54, 1.807) is 0 Å². The van der Waals surface area contributed by atoms with Crippen molar-refractivity contribution in [3.05, 3.63) is 18.5 Å². The van der Waals surface area contributed by atoms with Crippen molar-refractivity contribution in [2.24, 2.45) is 0 Å². The van der Waals surface area contributed by atoms with Gasteiger partial charge in [-0.2, -0.15) is 18.3 Å². The highest BCUT2D eigenvalue weighted by molar-refractivity contribution is 4.79. The molecule has 0 radical (unpaired) electrons. The molecule has 1 rings (SSSR count). The minimum absolute atomic E-state index is 0.559. The van der Waals surface area contributed by atoms with Gasteiger partial charge in [0.1, 0.15) is 0 Å². The highest BCUT2D eigenvalue weighted by Crippen LogP contribution is 2.20. The first-order valence-corrected chi connectivity index (χ1v) is 3.22. The minimum atomic E-state index is -4.58. The Bertz CT molecular complexity index is 231. The van der Waals surface area contributed by atoms with E-state index in [1.807, 2.05) is 0 Å². The number of alkyl halides is 3. The number of aliphatic hydroxyl groups is 1. The summed E-state index contributed by atoms with van der Waals surface area (Å²) in [6.45, 7) is -0.559. The van der Waals surface area contributed by atoms with Gasteiger partial charge in [0.15, 0.2) is 6.10 Å². The highest BCUT2D eigenvalue weighted by Gasteiger charge is 2.38. The lowest BCUT2D eigenvalue weighted by atomic mass is 10.3. The van der Waals surface area contributed by atoms with E-state index >= 15 is 0 Å². The molecule has 0 amide bonds. The van der Waals surface area contributed by atoms with Gasteiger partial charge in [0.2, 0.25) is 0 Å². The highest BCUT2D eigenvalue weighted by atomic mass is 19.4.